The van der Waals surface area contributed by atoms with Crippen molar-refractivity contribution in [2.75, 3.05) is 7.11 Å². The van der Waals surface area contributed by atoms with Gasteiger partial charge in [0.15, 0.2) is 5.11 Å². The molecule has 1 amide bonds. The molecule has 1 aliphatic heterocycles. The third kappa shape index (κ3) is 4.47. The second kappa shape index (κ2) is 8.52. The third-order valence-electron chi connectivity index (χ3n) is 4.95. The van der Waals surface area contributed by atoms with Gasteiger partial charge in [-0.2, -0.15) is 0 Å². The van der Waals surface area contributed by atoms with E-state index < -0.39 is 4.92 Å². The van der Waals surface area contributed by atoms with E-state index in [4.69, 9.17) is 33.3 Å². The van der Waals surface area contributed by atoms with Crippen molar-refractivity contribution >= 4 is 46.6 Å². The number of nitro benzene ring substituents is 1. The number of nitro groups is 1. The minimum absolute atomic E-state index is 0.115. The number of carbonyl (C=O) groups excluding carboxylic acids is 1. The predicted octanol–water partition coefficient (Wildman–Crippen LogP) is 4.06. The Hall–Kier alpha value is -3.17. The van der Waals surface area contributed by atoms with E-state index in [1.165, 1.54) is 18.2 Å². The minimum Gasteiger partial charge on any atom is -0.496 e. The molecule has 0 bridgehead atoms. The molecule has 0 aromatic heterocycles. The summed E-state index contributed by atoms with van der Waals surface area (Å²) in [6, 6.07) is 9.65. The van der Waals surface area contributed by atoms with Crippen LogP contribution in [0.15, 0.2) is 42.1 Å². The lowest BCUT2D eigenvalue weighted by Crippen LogP contribution is -2.32. The zero-order valence-electron chi connectivity index (χ0n) is 16.5. The Morgan fingerprint density at radius 3 is 2.68 bits per heavy atom. The first-order chi connectivity index (χ1) is 14.9. The Bertz CT molecular complexity index is 1120. The Morgan fingerprint density at radius 1 is 1.29 bits per heavy atom. The second-order valence-electron chi connectivity index (χ2n) is 7.13. The number of ether oxygens (including phenoxy) is 2. The molecular formula is C21H18ClN3O5S. The van der Waals surface area contributed by atoms with E-state index in [-0.39, 0.29) is 29.3 Å². The summed E-state index contributed by atoms with van der Waals surface area (Å²) in [5, 5.41) is 14.4. The Morgan fingerprint density at radius 2 is 2.03 bits per heavy atom. The maximum atomic E-state index is 12.6. The molecule has 1 N–H and O–H groups in total. The van der Waals surface area contributed by atoms with Crippen molar-refractivity contribution in [1.82, 2.24) is 10.2 Å². The highest BCUT2D eigenvalue weighted by Gasteiger charge is 2.41. The fourth-order valence-electron chi connectivity index (χ4n) is 3.26. The van der Waals surface area contributed by atoms with Gasteiger partial charge in [0.1, 0.15) is 23.8 Å². The van der Waals surface area contributed by atoms with Crippen molar-refractivity contribution in [3.05, 3.63) is 68.4 Å². The quantitative estimate of drug-likeness (QED) is 0.289. The van der Waals surface area contributed by atoms with Gasteiger partial charge < -0.3 is 14.8 Å². The summed E-state index contributed by atoms with van der Waals surface area (Å²) in [5.74, 6) is 0.788. The van der Waals surface area contributed by atoms with Crippen LogP contribution in [0.25, 0.3) is 6.08 Å². The highest BCUT2D eigenvalue weighted by atomic mass is 35.5. The largest absolute Gasteiger partial charge is 0.496 e. The van der Waals surface area contributed by atoms with Crippen LogP contribution in [0.5, 0.6) is 11.5 Å². The van der Waals surface area contributed by atoms with Crippen LogP contribution in [0, 0.1) is 10.1 Å². The molecule has 1 saturated carbocycles. The normalized spacial score (nSPS) is 17.1. The highest BCUT2D eigenvalue weighted by molar-refractivity contribution is 7.80. The van der Waals surface area contributed by atoms with Crippen LogP contribution >= 0.6 is 23.8 Å². The number of hydrogen-bond acceptors (Lipinski definition) is 6. The van der Waals surface area contributed by atoms with Crippen LogP contribution < -0.4 is 14.8 Å². The summed E-state index contributed by atoms with van der Waals surface area (Å²) in [5.41, 5.74) is 1.80. The summed E-state index contributed by atoms with van der Waals surface area (Å²) >= 11 is 11.4. The molecule has 1 saturated heterocycles. The molecule has 31 heavy (non-hydrogen) atoms. The van der Waals surface area contributed by atoms with Crippen molar-refractivity contribution in [1.29, 1.82) is 0 Å². The molecule has 160 valence electrons. The Labute approximate surface area is 188 Å². The lowest BCUT2D eigenvalue weighted by molar-refractivity contribution is -0.384. The van der Waals surface area contributed by atoms with Gasteiger partial charge in [0, 0.05) is 23.7 Å². The molecule has 0 spiro atoms. The number of rotatable bonds is 7. The number of amides is 1. The molecule has 1 heterocycles. The van der Waals surface area contributed by atoms with Gasteiger partial charge >= 0.3 is 0 Å². The van der Waals surface area contributed by atoms with E-state index in [2.05, 4.69) is 5.32 Å². The number of carbonyl (C=O) groups is 1. The first-order valence-corrected chi connectivity index (χ1v) is 10.3. The lowest BCUT2D eigenvalue weighted by Gasteiger charge is -2.12. The van der Waals surface area contributed by atoms with Gasteiger partial charge in [0.25, 0.3) is 11.6 Å². The van der Waals surface area contributed by atoms with Gasteiger partial charge in [0.05, 0.1) is 17.1 Å². The topological polar surface area (TPSA) is 93.9 Å². The summed E-state index contributed by atoms with van der Waals surface area (Å²) in [6.45, 7) is 0.117. The SMILES string of the molecule is COc1ccc(/C=C2/NC(=S)N(C3CC3)C2=O)cc1COc1ccc([N+](=O)[O-])cc1Cl. The maximum Gasteiger partial charge on any atom is 0.276 e. The Kier molecular flexibility index (Phi) is 5.79. The van der Waals surface area contributed by atoms with Gasteiger partial charge in [0.2, 0.25) is 0 Å². The number of non-ortho nitro benzene ring substituents is 1. The van der Waals surface area contributed by atoms with Crippen molar-refractivity contribution in [3.8, 4) is 11.5 Å². The highest BCUT2D eigenvalue weighted by Crippen LogP contribution is 2.32. The number of thiocarbonyl (C=S) groups is 1. The van der Waals surface area contributed by atoms with Crippen molar-refractivity contribution < 1.29 is 19.2 Å². The summed E-state index contributed by atoms with van der Waals surface area (Å²) in [7, 11) is 1.55. The Balaban J connectivity index is 1.54. The standard InChI is InChI=1S/C21H18ClN3O5S/c1-29-18-6-2-12(9-17-20(26)24(14-3-4-14)21(31)23-17)8-13(18)11-30-19-7-5-15(25(27)28)10-16(19)22/h2,5-10,14H,3-4,11H2,1H3,(H,23,31)/b17-9+. The van der Waals surface area contributed by atoms with E-state index in [1.54, 1.807) is 24.2 Å². The van der Waals surface area contributed by atoms with Crippen molar-refractivity contribution in [2.45, 2.75) is 25.5 Å². The van der Waals surface area contributed by atoms with Gasteiger partial charge in [-0.1, -0.05) is 17.7 Å². The lowest BCUT2D eigenvalue weighted by atomic mass is 10.1. The fourth-order valence-corrected chi connectivity index (χ4v) is 3.83. The smallest absolute Gasteiger partial charge is 0.276 e. The van der Waals surface area contributed by atoms with Gasteiger partial charge in [-0.25, -0.2) is 0 Å². The van der Waals surface area contributed by atoms with Crippen LogP contribution in [0.1, 0.15) is 24.0 Å². The molecule has 4 rings (SSSR count). The molecule has 1 aliphatic carbocycles. The zero-order chi connectivity index (χ0) is 22.1. The number of hydrogen-bond donors (Lipinski definition) is 1. The minimum atomic E-state index is -0.524. The van der Waals surface area contributed by atoms with Crippen molar-refractivity contribution in [2.24, 2.45) is 0 Å². The van der Waals surface area contributed by atoms with E-state index in [0.717, 1.165) is 24.0 Å². The molecule has 2 aromatic rings. The van der Waals surface area contributed by atoms with Crippen LogP contribution in [0.2, 0.25) is 5.02 Å². The van der Waals surface area contributed by atoms with E-state index in [9.17, 15) is 14.9 Å². The number of nitrogens with one attached hydrogen (secondary N) is 1. The summed E-state index contributed by atoms with van der Waals surface area (Å²) in [4.78, 5) is 24.6. The molecule has 10 heteroatoms. The van der Waals surface area contributed by atoms with Crippen LogP contribution in [-0.2, 0) is 11.4 Å². The number of methoxy groups -OCH3 is 1. The number of benzene rings is 2. The first kappa shape index (κ1) is 21.1. The molecular weight excluding hydrogens is 442 g/mol. The molecule has 0 atom stereocenters. The van der Waals surface area contributed by atoms with Crippen molar-refractivity contribution in [3.63, 3.8) is 0 Å². The molecule has 0 radical (unpaired) electrons. The average molecular weight is 460 g/mol. The summed E-state index contributed by atoms with van der Waals surface area (Å²) < 4.78 is 11.2. The zero-order valence-corrected chi connectivity index (χ0v) is 18.0. The molecule has 2 aliphatic rings. The second-order valence-corrected chi connectivity index (χ2v) is 7.92. The predicted molar refractivity (Wildman–Crippen MR) is 119 cm³/mol. The summed E-state index contributed by atoms with van der Waals surface area (Å²) in [6.07, 6.45) is 3.67. The maximum absolute atomic E-state index is 12.6. The number of halogens is 1. The molecule has 8 nitrogen and oxygen atoms in total. The molecule has 2 fully saturated rings. The molecule has 0 unspecified atom stereocenters. The van der Waals surface area contributed by atoms with E-state index in [1.807, 2.05) is 12.1 Å². The first-order valence-electron chi connectivity index (χ1n) is 9.47. The number of nitrogens with zero attached hydrogens (tertiary/aromatic N) is 2. The van der Waals surface area contributed by atoms with E-state index >= 15 is 0 Å². The fraction of sp³-hybridized carbons (Fsp3) is 0.238. The van der Waals surface area contributed by atoms with Gasteiger partial charge in [-0.05, 0) is 54.9 Å². The van der Waals surface area contributed by atoms with Crippen LogP contribution in [-0.4, -0.2) is 34.0 Å². The third-order valence-corrected chi connectivity index (χ3v) is 5.54. The average Bonchev–Trinajstić information content (AvgIpc) is 3.53. The van der Waals surface area contributed by atoms with Crippen LogP contribution in [0.4, 0.5) is 5.69 Å². The van der Waals surface area contributed by atoms with E-state index in [0.29, 0.717) is 22.3 Å². The monoisotopic (exact) mass is 459 g/mol. The van der Waals surface area contributed by atoms with Gasteiger partial charge in [-0.15, -0.1) is 0 Å². The van der Waals surface area contributed by atoms with Gasteiger partial charge in [-0.3, -0.25) is 19.8 Å². The molecule has 2 aromatic carbocycles. The van der Waals surface area contributed by atoms with Crippen LogP contribution in [0.3, 0.4) is 0 Å².